The highest BCUT2D eigenvalue weighted by Crippen LogP contribution is 2.29. The molecule has 3 aromatic rings. The molecule has 28 heavy (non-hydrogen) atoms. The Labute approximate surface area is 167 Å². The second-order valence-electron chi connectivity index (χ2n) is 5.78. The van der Waals surface area contributed by atoms with Gasteiger partial charge in [0.2, 0.25) is 0 Å². The van der Waals surface area contributed by atoms with E-state index >= 15 is 0 Å². The van der Waals surface area contributed by atoms with E-state index in [0.29, 0.717) is 22.3 Å². The monoisotopic (exact) mass is 398 g/mol. The minimum Gasteiger partial charge on any atom is -0.497 e. The van der Waals surface area contributed by atoms with Crippen LogP contribution in [0.15, 0.2) is 59.7 Å². The molecule has 0 atom stereocenters. The van der Waals surface area contributed by atoms with Crippen molar-refractivity contribution in [3.8, 4) is 17.2 Å². The Morgan fingerprint density at radius 3 is 2.61 bits per heavy atom. The number of fused-ring (bicyclic) bond motifs is 1. The number of methoxy groups -OCH3 is 2. The topological polar surface area (TPSA) is 69.2 Å². The number of para-hydroxylation sites is 1. The van der Waals surface area contributed by atoms with E-state index in [-0.39, 0.29) is 6.61 Å². The number of ether oxygens (including phenoxy) is 3. The second-order valence-corrected chi connectivity index (χ2v) is 6.19. The summed E-state index contributed by atoms with van der Waals surface area (Å²) in [7, 11) is 3.18. The van der Waals surface area contributed by atoms with Crippen LogP contribution in [0.2, 0.25) is 5.02 Å². The smallest absolute Gasteiger partial charge is 0.277 e. The van der Waals surface area contributed by atoms with Crippen LogP contribution in [0.1, 0.15) is 5.56 Å². The summed E-state index contributed by atoms with van der Waals surface area (Å²) < 4.78 is 16.1. The summed E-state index contributed by atoms with van der Waals surface area (Å²) in [5.41, 5.74) is 3.17. The molecule has 0 aliphatic carbocycles. The van der Waals surface area contributed by atoms with Gasteiger partial charge in [-0.05, 0) is 41.1 Å². The van der Waals surface area contributed by atoms with Gasteiger partial charge >= 0.3 is 0 Å². The third-order valence-corrected chi connectivity index (χ3v) is 4.34. The number of nitrogens with zero attached hydrogens (tertiary/aromatic N) is 1. The van der Waals surface area contributed by atoms with Crippen LogP contribution >= 0.6 is 11.6 Å². The number of hydrazone groups is 1. The predicted molar refractivity (Wildman–Crippen MR) is 110 cm³/mol. The van der Waals surface area contributed by atoms with Crippen molar-refractivity contribution in [2.45, 2.75) is 0 Å². The molecule has 0 radical (unpaired) electrons. The van der Waals surface area contributed by atoms with Crippen molar-refractivity contribution in [3.63, 3.8) is 0 Å². The van der Waals surface area contributed by atoms with Crippen molar-refractivity contribution in [3.05, 3.63) is 65.2 Å². The van der Waals surface area contributed by atoms with Gasteiger partial charge in [-0.2, -0.15) is 5.10 Å². The summed E-state index contributed by atoms with van der Waals surface area (Å²) in [6.45, 7) is -0.207. The van der Waals surface area contributed by atoms with Crippen LogP contribution in [0.4, 0.5) is 0 Å². The first-order valence-electron chi connectivity index (χ1n) is 8.46. The lowest BCUT2D eigenvalue weighted by Crippen LogP contribution is -2.24. The highest BCUT2D eigenvalue weighted by Gasteiger charge is 2.09. The molecule has 0 aromatic heterocycles. The largest absolute Gasteiger partial charge is 0.497 e. The molecule has 7 heteroatoms. The van der Waals surface area contributed by atoms with Gasteiger partial charge in [-0.25, -0.2) is 5.43 Å². The molecule has 144 valence electrons. The van der Waals surface area contributed by atoms with E-state index in [1.54, 1.807) is 38.5 Å². The molecule has 0 aliphatic heterocycles. The number of carbonyl (C=O) groups is 1. The van der Waals surface area contributed by atoms with Crippen molar-refractivity contribution in [2.75, 3.05) is 20.8 Å². The van der Waals surface area contributed by atoms with Crippen LogP contribution < -0.4 is 19.6 Å². The van der Waals surface area contributed by atoms with E-state index in [0.717, 1.165) is 16.3 Å². The fourth-order valence-electron chi connectivity index (χ4n) is 2.65. The fourth-order valence-corrected chi connectivity index (χ4v) is 2.84. The third-order valence-electron chi connectivity index (χ3n) is 4.03. The van der Waals surface area contributed by atoms with Gasteiger partial charge in [0.05, 0.1) is 25.5 Å². The fraction of sp³-hybridized carbons (Fsp3) is 0.143. The molecule has 0 bridgehead atoms. The van der Waals surface area contributed by atoms with E-state index < -0.39 is 5.91 Å². The molecule has 3 aromatic carbocycles. The van der Waals surface area contributed by atoms with Crippen LogP contribution in [-0.4, -0.2) is 32.9 Å². The Hall–Kier alpha value is -3.25. The Balaban J connectivity index is 1.73. The molecule has 0 aliphatic rings. The number of hydrogen-bond donors (Lipinski definition) is 1. The SMILES string of the molecule is COc1ccc2ccc(OC)c(/C=N/NC(=O)COc3ccccc3Cl)c2c1. The summed E-state index contributed by atoms with van der Waals surface area (Å²) in [4.78, 5) is 12.0. The summed E-state index contributed by atoms with van der Waals surface area (Å²) >= 11 is 6.00. The van der Waals surface area contributed by atoms with Gasteiger partial charge in [0, 0.05) is 5.56 Å². The third kappa shape index (κ3) is 4.53. The van der Waals surface area contributed by atoms with Gasteiger partial charge in [0.25, 0.3) is 5.91 Å². The lowest BCUT2D eigenvalue weighted by atomic mass is 10.0. The van der Waals surface area contributed by atoms with E-state index in [2.05, 4.69) is 10.5 Å². The average Bonchev–Trinajstić information content (AvgIpc) is 2.72. The first kappa shape index (κ1) is 19.5. The number of carbonyl (C=O) groups excluding carboxylic acids is 1. The maximum Gasteiger partial charge on any atom is 0.277 e. The summed E-state index contributed by atoms with van der Waals surface area (Å²) in [5.74, 6) is 1.37. The molecular weight excluding hydrogens is 380 g/mol. The molecule has 0 saturated carbocycles. The van der Waals surface area contributed by atoms with Crippen molar-refractivity contribution < 1.29 is 19.0 Å². The second kappa shape index (κ2) is 9.10. The quantitative estimate of drug-likeness (QED) is 0.481. The number of halogens is 1. The zero-order valence-corrected chi connectivity index (χ0v) is 16.2. The number of amides is 1. The predicted octanol–water partition coefficient (Wildman–Crippen LogP) is 4.04. The Kier molecular flexibility index (Phi) is 6.34. The van der Waals surface area contributed by atoms with Crippen molar-refractivity contribution in [2.24, 2.45) is 5.10 Å². The molecule has 3 rings (SSSR count). The van der Waals surface area contributed by atoms with Crippen LogP contribution in [-0.2, 0) is 4.79 Å². The van der Waals surface area contributed by atoms with Crippen LogP contribution in [0, 0.1) is 0 Å². The summed E-state index contributed by atoms with van der Waals surface area (Å²) in [6, 6.07) is 16.4. The van der Waals surface area contributed by atoms with Gasteiger partial charge in [-0.1, -0.05) is 35.9 Å². The lowest BCUT2D eigenvalue weighted by molar-refractivity contribution is -0.123. The highest BCUT2D eigenvalue weighted by atomic mass is 35.5. The number of rotatable bonds is 7. The number of benzene rings is 3. The van der Waals surface area contributed by atoms with E-state index in [9.17, 15) is 4.79 Å². The summed E-state index contributed by atoms with van der Waals surface area (Å²) in [6.07, 6.45) is 1.54. The molecule has 1 amide bonds. The molecule has 0 fully saturated rings. The van der Waals surface area contributed by atoms with Crippen LogP contribution in [0.5, 0.6) is 17.2 Å². The van der Waals surface area contributed by atoms with Gasteiger partial charge in [0.1, 0.15) is 17.2 Å². The molecule has 0 spiro atoms. The van der Waals surface area contributed by atoms with Gasteiger partial charge in [0.15, 0.2) is 6.61 Å². The minimum absolute atomic E-state index is 0.207. The lowest BCUT2D eigenvalue weighted by Gasteiger charge is -2.10. The normalized spacial score (nSPS) is 10.8. The zero-order chi connectivity index (χ0) is 19.9. The molecule has 6 nitrogen and oxygen atoms in total. The highest BCUT2D eigenvalue weighted by molar-refractivity contribution is 6.32. The minimum atomic E-state index is -0.409. The van der Waals surface area contributed by atoms with Gasteiger partial charge < -0.3 is 14.2 Å². The molecule has 0 heterocycles. The molecule has 0 unspecified atom stereocenters. The average molecular weight is 399 g/mol. The maximum absolute atomic E-state index is 12.0. The van der Waals surface area contributed by atoms with Crippen LogP contribution in [0.25, 0.3) is 10.8 Å². The Bertz CT molecular complexity index is 1020. The number of hydrogen-bond acceptors (Lipinski definition) is 5. The van der Waals surface area contributed by atoms with Crippen molar-refractivity contribution in [1.82, 2.24) is 5.43 Å². The Morgan fingerprint density at radius 1 is 1.07 bits per heavy atom. The van der Waals surface area contributed by atoms with Crippen molar-refractivity contribution >= 4 is 34.5 Å². The van der Waals surface area contributed by atoms with Crippen molar-refractivity contribution in [1.29, 1.82) is 0 Å². The number of nitrogens with one attached hydrogen (secondary N) is 1. The van der Waals surface area contributed by atoms with Gasteiger partial charge in [-0.15, -0.1) is 0 Å². The zero-order valence-electron chi connectivity index (χ0n) is 15.4. The standard InChI is InChI=1S/C21H19ClN2O4/c1-26-15-9-7-14-8-10-19(27-2)17(16(14)11-15)12-23-24-21(25)13-28-20-6-4-3-5-18(20)22/h3-12H,13H2,1-2H3,(H,24,25)/b23-12+. The first-order valence-corrected chi connectivity index (χ1v) is 8.84. The summed E-state index contributed by atoms with van der Waals surface area (Å²) in [5, 5.41) is 6.36. The van der Waals surface area contributed by atoms with E-state index in [1.807, 2.05) is 30.3 Å². The first-order chi connectivity index (χ1) is 13.6. The van der Waals surface area contributed by atoms with Crippen LogP contribution in [0.3, 0.4) is 0 Å². The maximum atomic E-state index is 12.0. The molecular formula is C21H19ClN2O4. The molecule has 1 N–H and O–H groups in total. The Morgan fingerprint density at radius 2 is 1.86 bits per heavy atom. The van der Waals surface area contributed by atoms with Gasteiger partial charge in [-0.3, -0.25) is 4.79 Å². The van der Waals surface area contributed by atoms with E-state index in [4.69, 9.17) is 25.8 Å². The van der Waals surface area contributed by atoms with E-state index in [1.165, 1.54) is 6.21 Å². The molecule has 0 saturated heterocycles.